The highest BCUT2D eigenvalue weighted by Crippen LogP contribution is 2.53. The first kappa shape index (κ1) is 20.2. The van der Waals surface area contributed by atoms with E-state index in [4.69, 9.17) is 0 Å². The second-order valence-corrected chi connectivity index (χ2v) is 10.4. The maximum absolute atomic E-state index is 2.37. The highest BCUT2D eigenvalue weighted by atomic mass is 14.3. The molecule has 9 aromatic carbocycles. The Morgan fingerprint density at radius 1 is 0.237 bits per heavy atom. The molecule has 38 heavy (non-hydrogen) atoms. The van der Waals surface area contributed by atoms with Crippen LogP contribution < -0.4 is 0 Å². The van der Waals surface area contributed by atoms with Gasteiger partial charge in [0.05, 0.1) is 0 Å². The van der Waals surface area contributed by atoms with Gasteiger partial charge in [-0.15, -0.1) is 0 Å². The van der Waals surface area contributed by atoms with Crippen molar-refractivity contribution < 1.29 is 0 Å². The van der Waals surface area contributed by atoms with Crippen molar-refractivity contribution in [2.24, 2.45) is 0 Å². The van der Waals surface area contributed by atoms with Gasteiger partial charge >= 0.3 is 0 Å². The lowest BCUT2D eigenvalue weighted by atomic mass is 9.90. The van der Waals surface area contributed by atoms with Gasteiger partial charge in [-0.2, -0.15) is 0 Å². The van der Waals surface area contributed by atoms with Gasteiger partial charge in [-0.1, -0.05) is 133 Å². The van der Waals surface area contributed by atoms with Crippen LogP contribution in [0.2, 0.25) is 0 Å². The number of fused-ring (bicyclic) bond motifs is 7. The Balaban J connectivity index is 1.62. The van der Waals surface area contributed by atoms with Crippen LogP contribution in [0, 0.1) is 0 Å². The zero-order chi connectivity index (χ0) is 24.8. The van der Waals surface area contributed by atoms with E-state index in [9.17, 15) is 0 Å². The zero-order valence-electron chi connectivity index (χ0n) is 20.7. The first-order chi connectivity index (χ1) is 18.9. The van der Waals surface area contributed by atoms with Gasteiger partial charge in [-0.05, 0) is 86.9 Å². The van der Waals surface area contributed by atoms with Crippen molar-refractivity contribution in [1.82, 2.24) is 0 Å². The van der Waals surface area contributed by atoms with E-state index in [1.165, 1.54) is 86.9 Å². The predicted molar refractivity (Wildman–Crippen MR) is 165 cm³/mol. The molecule has 0 amide bonds. The largest absolute Gasteiger partial charge is 0.0622 e. The average Bonchev–Trinajstić information content (AvgIpc) is 3.50. The number of rotatable bonds is 2. The molecule has 0 radical (unpaired) electrons. The molecule has 0 heteroatoms. The van der Waals surface area contributed by atoms with Crippen LogP contribution in [0.25, 0.3) is 86.9 Å². The number of benzene rings is 7. The molecular formula is C38H22. The fourth-order valence-corrected chi connectivity index (χ4v) is 7.11. The molecule has 0 aromatic heterocycles. The Bertz CT molecular complexity index is 2310. The molecular weight excluding hydrogens is 456 g/mol. The van der Waals surface area contributed by atoms with E-state index >= 15 is 0 Å². The molecule has 9 aromatic rings. The topological polar surface area (TPSA) is 0 Å². The van der Waals surface area contributed by atoms with Crippen molar-refractivity contribution in [1.29, 1.82) is 0 Å². The minimum Gasteiger partial charge on any atom is -0.0622 e. The molecule has 0 unspecified atom stereocenters. The van der Waals surface area contributed by atoms with Crippen molar-refractivity contribution >= 4 is 64.6 Å². The minimum atomic E-state index is 1.26. The van der Waals surface area contributed by atoms with E-state index < -0.39 is 0 Å². The summed E-state index contributed by atoms with van der Waals surface area (Å²) in [6.45, 7) is 0. The third-order valence-corrected chi connectivity index (χ3v) is 8.55. The Hall–Kier alpha value is -4.94. The highest BCUT2D eigenvalue weighted by molar-refractivity contribution is 6.48. The van der Waals surface area contributed by atoms with Gasteiger partial charge in [0.25, 0.3) is 0 Å². The van der Waals surface area contributed by atoms with E-state index in [0.717, 1.165) is 0 Å². The van der Waals surface area contributed by atoms with Gasteiger partial charge < -0.3 is 0 Å². The summed E-state index contributed by atoms with van der Waals surface area (Å²) in [6, 6.07) is 49.2. The van der Waals surface area contributed by atoms with Crippen LogP contribution in [0.4, 0.5) is 0 Å². The van der Waals surface area contributed by atoms with E-state index in [1.807, 2.05) is 0 Å². The van der Waals surface area contributed by atoms with Crippen LogP contribution in [0.5, 0.6) is 0 Å². The lowest BCUT2D eigenvalue weighted by Gasteiger charge is -2.12. The van der Waals surface area contributed by atoms with Gasteiger partial charge in [0.1, 0.15) is 0 Å². The van der Waals surface area contributed by atoms with Crippen molar-refractivity contribution in [3.05, 3.63) is 133 Å². The van der Waals surface area contributed by atoms with E-state index in [2.05, 4.69) is 133 Å². The molecule has 0 N–H and O–H groups in total. The predicted octanol–water partition coefficient (Wildman–Crippen LogP) is 10.8. The average molecular weight is 479 g/mol. The van der Waals surface area contributed by atoms with Crippen molar-refractivity contribution in [3.63, 3.8) is 0 Å². The molecule has 0 nitrogen and oxygen atoms in total. The lowest BCUT2D eigenvalue weighted by Crippen LogP contribution is -1.85. The Morgan fingerprint density at radius 2 is 0.763 bits per heavy atom. The molecule has 0 saturated carbocycles. The van der Waals surface area contributed by atoms with Crippen LogP contribution in [0.3, 0.4) is 0 Å². The Labute approximate surface area is 220 Å². The van der Waals surface area contributed by atoms with Crippen LogP contribution in [0.1, 0.15) is 0 Å². The monoisotopic (exact) mass is 478 g/mol. The third kappa shape index (κ3) is 2.45. The molecule has 0 fully saturated rings. The summed E-state index contributed by atoms with van der Waals surface area (Å²) in [5, 5.41) is 16.3. The molecule has 0 aliphatic carbocycles. The van der Waals surface area contributed by atoms with Crippen LogP contribution in [-0.4, -0.2) is 0 Å². The first-order valence-corrected chi connectivity index (χ1v) is 13.3. The highest BCUT2D eigenvalue weighted by Gasteiger charge is 2.24. The minimum absolute atomic E-state index is 1.26. The fraction of sp³-hybridized carbons (Fsp3) is 0. The summed E-state index contributed by atoms with van der Waals surface area (Å²) >= 11 is 0. The molecule has 0 aliphatic rings. The van der Waals surface area contributed by atoms with Crippen LogP contribution in [-0.2, 0) is 0 Å². The maximum atomic E-state index is 2.37. The standard InChI is InChI=1S/C38H22/c1-3-11-23(12-4-1)25-21-22-32-34-27(25)17-9-20-31(34)38-36-29-16-8-7-15-26(29)28-18-10-19-30(35(28)36)33(37(32)38)24-13-5-2-6-14-24/h1-22H. The van der Waals surface area contributed by atoms with Crippen molar-refractivity contribution in [3.8, 4) is 22.3 Å². The van der Waals surface area contributed by atoms with Crippen molar-refractivity contribution in [2.45, 2.75) is 0 Å². The molecule has 0 aliphatic heterocycles. The van der Waals surface area contributed by atoms with Crippen LogP contribution in [0.15, 0.2) is 133 Å². The van der Waals surface area contributed by atoms with Gasteiger partial charge in [0.15, 0.2) is 0 Å². The van der Waals surface area contributed by atoms with Crippen LogP contribution >= 0.6 is 0 Å². The van der Waals surface area contributed by atoms with Crippen molar-refractivity contribution in [2.75, 3.05) is 0 Å². The first-order valence-electron chi connectivity index (χ1n) is 13.3. The summed E-state index contributed by atoms with van der Waals surface area (Å²) < 4.78 is 0. The molecule has 0 bridgehead atoms. The Kier molecular flexibility index (Phi) is 3.88. The van der Waals surface area contributed by atoms with Gasteiger partial charge in [-0.25, -0.2) is 0 Å². The third-order valence-electron chi connectivity index (χ3n) is 8.55. The summed E-state index contributed by atoms with van der Waals surface area (Å²) in [4.78, 5) is 0. The SMILES string of the molecule is c1ccc(-c2ccc3c4c(-c5ccccc5)c5cccc6c7ccccc7c(c56)c4c4cccc2c34)cc1. The van der Waals surface area contributed by atoms with E-state index in [-0.39, 0.29) is 0 Å². The van der Waals surface area contributed by atoms with Gasteiger partial charge in [-0.3, -0.25) is 0 Å². The molecule has 0 atom stereocenters. The Morgan fingerprint density at radius 3 is 1.55 bits per heavy atom. The summed E-state index contributed by atoms with van der Waals surface area (Å²) in [5.41, 5.74) is 5.18. The summed E-state index contributed by atoms with van der Waals surface area (Å²) in [5.74, 6) is 0. The maximum Gasteiger partial charge on any atom is -0.000697 e. The number of hydrogen-bond acceptors (Lipinski definition) is 0. The number of hydrogen-bond donors (Lipinski definition) is 0. The molecule has 0 heterocycles. The summed E-state index contributed by atoms with van der Waals surface area (Å²) in [6.07, 6.45) is 0. The normalized spacial score (nSPS) is 12.2. The quantitative estimate of drug-likeness (QED) is 0.232. The molecule has 9 rings (SSSR count). The van der Waals surface area contributed by atoms with E-state index in [1.54, 1.807) is 0 Å². The van der Waals surface area contributed by atoms with Gasteiger partial charge in [0.2, 0.25) is 0 Å². The van der Waals surface area contributed by atoms with Gasteiger partial charge in [0, 0.05) is 0 Å². The smallest absolute Gasteiger partial charge is 0.000697 e. The second-order valence-electron chi connectivity index (χ2n) is 10.4. The second kappa shape index (κ2) is 7.31. The molecule has 0 spiro atoms. The molecule has 174 valence electrons. The fourth-order valence-electron chi connectivity index (χ4n) is 7.11. The zero-order valence-corrected chi connectivity index (χ0v) is 20.7. The van der Waals surface area contributed by atoms with E-state index in [0.29, 0.717) is 0 Å². The summed E-state index contributed by atoms with van der Waals surface area (Å²) in [7, 11) is 0. The lowest BCUT2D eigenvalue weighted by molar-refractivity contribution is 1.67. The molecule has 0 saturated heterocycles.